The molecule has 0 heterocycles. The number of hydrogen-bond donors (Lipinski definition) is 9. The van der Waals surface area contributed by atoms with Gasteiger partial charge in [-0.3, -0.25) is 18.2 Å². The molecule has 188 valence electrons. The number of nitrogen functional groups attached to an aromatic ring is 2. The molecule has 13 nitrogen and oxygen atoms in total. The standard InChI is InChI=1S/C12H13N3.C7H9NO.2H2O4S/c13-9-1-5-11(6-2-9)15-12-7-3-10(14)4-8-12;1-8-6-2-4-7(9)5-3-6;2*1-5(2,3)4/h1-8,15H,13-14H2;2-5,8-9H,1H3;2*(H2,1,2,3,4). The van der Waals surface area contributed by atoms with Gasteiger partial charge in [-0.25, -0.2) is 0 Å². The molecule has 0 bridgehead atoms. The van der Waals surface area contributed by atoms with Crippen molar-refractivity contribution >= 4 is 49.2 Å². The van der Waals surface area contributed by atoms with Crippen LogP contribution in [0.25, 0.3) is 0 Å². The molecule has 0 aliphatic heterocycles. The Hall–Kier alpha value is -3.60. The van der Waals surface area contributed by atoms with Gasteiger partial charge < -0.3 is 27.2 Å². The number of nitrogens with one attached hydrogen (secondary N) is 2. The van der Waals surface area contributed by atoms with E-state index in [9.17, 15) is 0 Å². The Bertz CT molecular complexity index is 1100. The minimum Gasteiger partial charge on any atom is -0.508 e. The third-order valence-corrected chi connectivity index (χ3v) is 3.27. The van der Waals surface area contributed by atoms with E-state index in [1.807, 2.05) is 67.7 Å². The average molecular weight is 519 g/mol. The summed E-state index contributed by atoms with van der Waals surface area (Å²) >= 11 is 0. The molecule has 0 saturated carbocycles. The van der Waals surface area contributed by atoms with Crippen LogP contribution in [0, 0.1) is 0 Å². The number of rotatable bonds is 3. The molecule has 11 N–H and O–H groups in total. The number of nitrogens with two attached hydrogens (primary N) is 2. The first-order valence-electron chi connectivity index (χ1n) is 8.91. The van der Waals surface area contributed by atoms with E-state index in [0.717, 1.165) is 28.4 Å². The van der Waals surface area contributed by atoms with Gasteiger partial charge in [0, 0.05) is 35.5 Å². The van der Waals surface area contributed by atoms with Crippen molar-refractivity contribution in [2.24, 2.45) is 0 Å². The highest BCUT2D eigenvalue weighted by Crippen LogP contribution is 2.18. The first-order chi connectivity index (χ1) is 15.6. The van der Waals surface area contributed by atoms with Crippen molar-refractivity contribution in [1.29, 1.82) is 0 Å². The van der Waals surface area contributed by atoms with E-state index < -0.39 is 20.8 Å². The molecule has 0 spiro atoms. The molecule has 0 saturated heterocycles. The molecule has 0 fully saturated rings. The maximum Gasteiger partial charge on any atom is 0.394 e. The van der Waals surface area contributed by atoms with Crippen LogP contribution in [0.1, 0.15) is 0 Å². The van der Waals surface area contributed by atoms with Gasteiger partial charge >= 0.3 is 20.8 Å². The average Bonchev–Trinajstić information content (AvgIpc) is 2.70. The predicted octanol–water partition coefficient (Wildman–Crippen LogP) is 2.72. The summed E-state index contributed by atoms with van der Waals surface area (Å²) in [5.74, 6) is 0.300. The van der Waals surface area contributed by atoms with Crippen molar-refractivity contribution in [2.45, 2.75) is 0 Å². The van der Waals surface area contributed by atoms with Gasteiger partial charge in [0.2, 0.25) is 0 Å². The van der Waals surface area contributed by atoms with Gasteiger partial charge in [-0.15, -0.1) is 0 Å². The quantitative estimate of drug-likeness (QED) is 0.138. The van der Waals surface area contributed by atoms with Crippen LogP contribution in [-0.2, 0) is 20.8 Å². The normalized spacial score (nSPS) is 10.1. The summed E-state index contributed by atoms with van der Waals surface area (Å²) in [5, 5.41) is 15.0. The maximum absolute atomic E-state index is 8.82. The largest absolute Gasteiger partial charge is 0.508 e. The fourth-order valence-corrected chi connectivity index (χ4v) is 1.93. The lowest BCUT2D eigenvalue weighted by Crippen LogP contribution is -1.91. The van der Waals surface area contributed by atoms with Gasteiger partial charge in [-0.05, 0) is 72.8 Å². The summed E-state index contributed by atoms with van der Waals surface area (Å²) in [4.78, 5) is 0. The number of anilines is 5. The van der Waals surface area contributed by atoms with Crippen LogP contribution in [0.2, 0.25) is 0 Å². The van der Waals surface area contributed by atoms with Crippen molar-refractivity contribution in [3.8, 4) is 5.75 Å². The molecule has 3 aromatic carbocycles. The molecule has 0 aliphatic rings. The molecular formula is C19H26N4O9S2. The molecular weight excluding hydrogens is 492 g/mol. The second-order valence-electron chi connectivity index (χ2n) is 6.06. The highest BCUT2D eigenvalue weighted by atomic mass is 32.3. The monoisotopic (exact) mass is 518 g/mol. The van der Waals surface area contributed by atoms with Crippen molar-refractivity contribution in [3.63, 3.8) is 0 Å². The van der Waals surface area contributed by atoms with Gasteiger partial charge in [0.15, 0.2) is 0 Å². The zero-order chi connectivity index (χ0) is 26.4. The Balaban J connectivity index is 0.000000488. The van der Waals surface area contributed by atoms with Gasteiger partial charge in [0.1, 0.15) is 5.75 Å². The van der Waals surface area contributed by atoms with Gasteiger partial charge in [-0.1, -0.05) is 0 Å². The number of benzene rings is 3. The highest BCUT2D eigenvalue weighted by Gasteiger charge is 1.94. The van der Waals surface area contributed by atoms with Crippen LogP contribution in [-0.4, -0.2) is 47.2 Å². The van der Waals surface area contributed by atoms with Crippen LogP contribution < -0.4 is 22.1 Å². The van der Waals surface area contributed by atoms with Gasteiger partial charge in [0.25, 0.3) is 0 Å². The lowest BCUT2D eigenvalue weighted by Gasteiger charge is -2.06. The fourth-order valence-electron chi connectivity index (χ4n) is 1.93. The first kappa shape index (κ1) is 30.4. The van der Waals surface area contributed by atoms with Crippen molar-refractivity contribution in [3.05, 3.63) is 72.8 Å². The lowest BCUT2D eigenvalue weighted by atomic mass is 10.2. The third kappa shape index (κ3) is 20.3. The van der Waals surface area contributed by atoms with E-state index in [1.54, 1.807) is 12.1 Å². The van der Waals surface area contributed by atoms with Crippen LogP contribution in [0.4, 0.5) is 28.4 Å². The minimum atomic E-state index is -4.67. The van der Waals surface area contributed by atoms with Crippen LogP contribution in [0.15, 0.2) is 72.8 Å². The SMILES string of the molecule is CNc1ccc(O)cc1.Nc1ccc(Nc2ccc(N)cc2)cc1.O=S(=O)(O)O.O=S(=O)(O)O. The smallest absolute Gasteiger partial charge is 0.394 e. The Labute approximate surface area is 197 Å². The lowest BCUT2D eigenvalue weighted by molar-refractivity contribution is 0.378. The molecule has 34 heavy (non-hydrogen) atoms. The molecule has 0 aliphatic carbocycles. The molecule has 0 aromatic heterocycles. The zero-order valence-electron chi connectivity index (χ0n) is 17.8. The van der Waals surface area contributed by atoms with Crippen LogP contribution in [0.5, 0.6) is 5.75 Å². The summed E-state index contributed by atoms with van der Waals surface area (Å²) in [6.45, 7) is 0. The molecule has 0 radical (unpaired) electrons. The fraction of sp³-hybridized carbons (Fsp3) is 0.0526. The van der Waals surface area contributed by atoms with E-state index in [1.165, 1.54) is 0 Å². The third-order valence-electron chi connectivity index (χ3n) is 3.27. The van der Waals surface area contributed by atoms with E-state index >= 15 is 0 Å². The van der Waals surface area contributed by atoms with Crippen LogP contribution in [0.3, 0.4) is 0 Å². The van der Waals surface area contributed by atoms with Crippen molar-refractivity contribution < 1.29 is 40.2 Å². The first-order valence-corrected chi connectivity index (χ1v) is 11.7. The number of aromatic hydroxyl groups is 1. The van der Waals surface area contributed by atoms with E-state index in [-0.39, 0.29) is 0 Å². The van der Waals surface area contributed by atoms with E-state index in [4.69, 9.17) is 51.6 Å². The van der Waals surface area contributed by atoms with Gasteiger partial charge in [0.05, 0.1) is 0 Å². The molecule has 0 unspecified atom stereocenters. The van der Waals surface area contributed by atoms with Gasteiger partial charge in [-0.2, -0.15) is 16.8 Å². The van der Waals surface area contributed by atoms with E-state index in [2.05, 4.69) is 10.6 Å². The summed E-state index contributed by atoms with van der Waals surface area (Å²) in [6, 6.07) is 22.1. The summed E-state index contributed by atoms with van der Waals surface area (Å²) in [7, 11) is -7.49. The zero-order valence-corrected chi connectivity index (χ0v) is 19.4. The Morgan fingerprint density at radius 3 is 1.12 bits per heavy atom. The maximum atomic E-state index is 8.82. The molecule has 15 heteroatoms. The molecule has 3 rings (SSSR count). The number of phenolic OH excluding ortho intramolecular Hbond substituents is 1. The summed E-state index contributed by atoms with van der Waals surface area (Å²) < 4.78 is 63.2. The predicted molar refractivity (Wildman–Crippen MR) is 131 cm³/mol. The summed E-state index contributed by atoms with van der Waals surface area (Å²) in [5.41, 5.74) is 15.7. The number of hydrogen-bond acceptors (Lipinski definition) is 9. The highest BCUT2D eigenvalue weighted by molar-refractivity contribution is 7.80. The molecule has 3 aromatic rings. The molecule has 0 atom stereocenters. The Morgan fingerprint density at radius 1 is 0.588 bits per heavy atom. The Kier molecular flexibility index (Phi) is 13.0. The van der Waals surface area contributed by atoms with E-state index in [0.29, 0.717) is 5.75 Å². The Morgan fingerprint density at radius 2 is 0.853 bits per heavy atom. The minimum absolute atomic E-state index is 0.300. The summed E-state index contributed by atoms with van der Waals surface area (Å²) in [6.07, 6.45) is 0. The van der Waals surface area contributed by atoms with Crippen LogP contribution >= 0.6 is 0 Å². The number of phenols is 1. The molecule has 0 amide bonds. The topological polar surface area (TPSA) is 246 Å². The van der Waals surface area contributed by atoms with Crippen molar-refractivity contribution in [1.82, 2.24) is 0 Å². The second-order valence-corrected chi connectivity index (χ2v) is 7.85. The second kappa shape index (κ2) is 14.5. The van der Waals surface area contributed by atoms with Crippen molar-refractivity contribution in [2.75, 3.05) is 29.1 Å².